The summed E-state index contributed by atoms with van der Waals surface area (Å²) >= 11 is 0. The maximum absolute atomic E-state index is 10.8. The Labute approximate surface area is 124 Å². The molecular weight excluding hydrogens is 294 g/mol. The van der Waals surface area contributed by atoms with E-state index in [1.165, 1.54) is 24.1 Å². The van der Waals surface area contributed by atoms with Gasteiger partial charge in [-0.3, -0.25) is 9.36 Å². The van der Waals surface area contributed by atoms with Gasteiger partial charge in [-0.05, 0) is 0 Å². The summed E-state index contributed by atoms with van der Waals surface area (Å²) in [6.45, 7) is 1.09. The minimum Gasteiger partial charge on any atom is -0.463 e. The number of nitrogen functional groups attached to an aromatic ring is 1. The maximum atomic E-state index is 10.8. The van der Waals surface area contributed by atoms with Crippen LogP contribution in [0.25, 0.3) is 11.2 Å². The fraction of sp³-hybridized carbons (Fsp3) is 0.500. The lowest BCUT2D eigenvalue weighted by Crippen LogP contribution is -2.34. The molecule has 0 unspecified atom stereocenters. The molecule has 0 bridgehead atoms. The Morgan fingerprint density at radius 3 is 2.91 bits per heavy atom. The topological polar surface area (TPSA) is 146 Å². The summed E-state index contributed by atoms with van der Waals surface area (Å²) in [4.78, 5) is 22.8. The number of carbonyl (C=O) groups is 1. The van der Waals surface area contributed by atoms with Gasteiger partial charge in [0.1, 0.15) is 36.8 Å². The maximum Gasteiger partial charge on any atom is 0.302 e. The number of ether oxygens (including phenoxy) is 2. The van der Waals surface area contributed by atoms with Gasteiger partial charge in [0.15, 0.2) is 17.7 Å². The number of aliphatic hydroxyl groups excluding tert-OH is 2. The van der Waals surface area contributed by atoms with Gasteiger partial charge in [-0.15, -0.1) is 0 Å². The summed E-state index contributed by atoms with van der Waals surface area (Å²) in [5.74, 6) is -0.296. The van der Waals surface area contributed by atoms with E-state index in [-0.39, 0.29) is 12.4 Å². The number of hydrogen-bond acceptors (Lipinski definition) is 9. The van der Waals surface area contributed by atoms with Gasteiger partial charge in [0.05, 0.1) is 6.33 Å². The first-order valence-electron chi connectivity index (χ1n) is 6.57. The zero-order chi connectivity index (χ0) is 15.9. The summed E-state index contributed by atoms with van der Waals surface area (Å²) in [5.41, 5.74) is 6.44. The van der Waals surface area contributed by atoms with Gasteiger partial charge in [0.25, 0.3) is 0 Å². The molecule has 118 valence electrons. The van der Waals surface area contributed by atoms with Crippen LogP contribution in [0, 0.1) is 0 Å². The molecule has 2 aromatic rings. The summed E-state index contributed by atoms with van der Waals surface area (Å²) in [6.07, 6.45) is -1.54. The molecule has 3 heterocycles. The number of aromatic nitrogens is 4. The molecule has 1 aliphatic heterocycles. The molecule has 10 heteroatoms. The predicted octanol–water partition coefficient (Wildman–Crippen LogP) is -1.41. The first-order valence-corrected chi connectivity index (χ1v) is 6.57. The number of nitrogens with zero attached hydrogens (tertiary/aromatic N) is 4. The van der Waals surface area contributed by atoms with Crippen molar-refractivity contribution >= 4 is 23.0 Å². The van der Waals surface area contributed by atoms with E-state index in [0.29, 0.717) is 11.2 Å². The highest BCUT2D eigenvalue weighted by atomic mass is 16.6. The van der Waals surface area contributed by atoms with Gasteiger partial charge in [-0.25, -0.2) is 15.0 Å². The number of aliphatic hydroxyl groups is 2. The molecule has 0 amide bonds. The number of esters is 1. The summed E-state index contributed by atoms with van der Waals surface area (Å²) in [7, 11) is 0. The van der Waals surface area contributed by atoms with Crippen LogP contribution in [0.4, 0.5) is 5.82 Å². The van der Waals surface area contributed by atoms with E-state index < -0.39 is 30.5 Å². The number of anilines is 1. The van der Waals surface area contributed by atoms with Crippen LogP contribution in [0.15, 0.2) is 12.7 Å². The molecule has 2 aromatic heterocycles. The van der Waals surface area contributed by atoms with Gasteiger partial charge in [-0.2, -0.15) is 0 Å². The Morgan fingerprint density at radius 1 is 1.41 bits per heavy atom. The molecule has 3 rings (SSSR count). The molecule has 1 aliphatic rings. The fourth-order valence-electron chi connectivity index (χ4n) is 2.35. The lowest BCUT2D eigenvalue weighted by Gasteiger charge is -2.16. The highest BCUT2D eigenvalue weighted by Gasteiger charge is 2.44. The van der Waals surface area contributed by atoms with E-state index in [1.54, 1.807) is 0 Å². The predicted molar refractivity (Wildman–Crippen MR) is 72.3 cm³/mol. The minimum atomic E-state index is -1.23. The second-order valence-electron chi connectivity index (χ2n) is 4.93. The molecule has 1 saturated heterocycles. The third kappa shape index (κ3) is 2.36. The number of nitrogens with two attached hydrogens (primary N) is 1. The molecule has 4 atom stereocenters. The van der Waals surface area contributed by atoms with E-state index in [0.717, 1.165) is 0 Å². The molecule has 0 aliphatic carbocycles. The zero-order valence-corrected chi connectivity index (χ0v) is 11.7. The van der Waals surface area contributed by atoms with Gasteiger partial charge < -0.3 is 25.4 Å². The van der Waals surface area contributed by atoms with Gasteiger partial charge in [0, 0.05) is 6.92 Å². The fourth-order valence-corrected chi connectivity index (χ4v) is 2.35. The SMILES string of the molecule is CC(=O)OC[C@H]1O[C@@H](n2cnc3c(N)ncnc32)[C@@H](O)[C@H]1O. The largest absolute Gasteiger partial charge is 0.463 e. The number of hydrogen-bond donors (Lipinski definition) is 3. The molecule has 0 spiro atoms. The van der Waals surface area contributed by atoms with E-state index in [1.807, 2.05) is 0 Å². The standard InChI is InChI=1S/C12H15N5O5/c1-5(18)21-2-6-8(19)9(20)12(22-6)17-4-16-7-10(13)14-3-15-11(7)17/h3-4,6,8-9,12,19-20H,2H2,1H3,(H2,13,14,15)/t6-,8+,9+,12-/m1/s1. The van der Waals surface area contributed by atoms with Gasteiger partial charge in [-0.1, -0.05) is 0 Å². The Morgan fingerprint density at radius 2 is 2.18 bits per heavy atom. The smallest absolute Gasteiger partial charge is 0.302 e. The number of imidazole rings is 1. The van der Waals surface area contributed by atoms with Crippen molar-refractivity contribution in [2.45, 2.75) is 31.5 Å². The molecule has 10 nitrogen and oxygen atoms in total. The lowest BCUT2D eigenvalue weighted by atomic mass is 10.1. The van der Waals surface area contributed by atoms with Crippen LogP contribution in [0.2, 0.25) is 0 Å². The van der Waals surface area contributed by atoms with Crippen molar-refractivity contribution in [3.63, 3.8) is 0 Å². The van der Waals surface area contributed by atoms with Crippen LogP contribution in [-0.2, 0) is 14.3 Å². The Kier molecular flexibility index (Phi) is 3.64. The Hall–Kier alpha value is -2.30. The summed E-state index contributed by atoms with van der Waals surface area (Å²) in [6, 6.07) is 0. The van der Waals surface area contributed by atoms with Crippen LogP contribution in [0.1, 0.15) is 13.2 Å². The van der Waals surface area contributed by atoms with Crippen molar-refractivity contribution in [1.82, 2.24) is 19.5 Å². The normalized spacial score (nSPS) is 28.1. The molecule has 1 fully saturated rings. The molecule has 0 saturated carbocycles. The van der Waals surface area contributed by atoms with Crippen molar-refractivity contribution in [2.75, 3.05) is 12.3 Å². The first kappa shape index (κ1) is 14.6. The molecule has 0 aromatic carbocycles. The molecule has 0 radical (unpaired) electrons. The summed E-state index contributed by atoms with van der Waals surface area (Å²) in [5, 5.41) is 20.2. The van der Waals surface area contributed by atoms with Crippen molar-refractivity contribution in [3.8, 4) is 0 Å². The lowest BCUT2D eigenvalue weighted by molar-refractivity contribution is -0.147. The Bertz CT molecular complexity index is 704. The van der Waals surface area contributed by atoms with Crippen LogP contribution >= 0.6 is 0 Å². The average Bonchev–Trinajstić information content (AvgIpc) is 3.01. The second kappa shape index (κ2) is 5.48. The van der Waals surface area contributed by atoms with Crippen molar-refractivity contribution in [1.29, 1.82) is 0 Å². The quantitative estimate of drug-likeness (QED) is 0.582. The van der Waals surface area contributed by atoms with Gasteiger partial charge >= 0.3 is 5.97 Å². The first-order chi connectivity index (χ1) is 10.5. The average molecular weight is 309 g/mol. The molecular formula is C12H15N5O5. The number of rotatable bonds is 3. The van der Waals surface area contributed by atoms with Crippen LogP contribution in [0.3, 0.4) is 0 Å². The monoisotopic (exact) mass is 309 g/mol. The summed E-state index contributed by atoms with van der Waals surface area (Å²) < 4.78 is 11.8. The van der Waals surface area contributed by atoms with E-state index in [2.05, 4.69) is 15.0 Å². The van der Waals surface area contributed by atoms with Crippen molar-refractivity contribution < 1.29 is 24.5 Å². The highest BCUT2D eigenvalue weighted by Crippen LogP contribution is 2.32. The third-order valence-electron chi connectivity index (χ3n) is 3.45. The minimum absolute atomic E-state index is 0.159. The van der Waals surface area contributed by atoms with Crippen LogP contribution in [-0.4, -0.2) is 60.6 Å². The second-order valence-corrected chi connectivity index (χ2v) is 4.93. The van der Waals surface area contributed by atoms with Gasteiger partial charge in [0.2, 0.25) is 0 Å². The highest BCUT2D eigenvalue weighted by molar-refractivity contribution is 5.81. The van der Waals surface area contributed by atoms with E-state index >= 15 is 0 Å². The van der Waals surface area contributed by atoms with Crippen LogP contribution < -0.4 is 5.73 Å². The van der Waals surface area contributed by atoms with Crippen molar-refractivity contribution in [2.24, 2.45) is 0 Å². The van der Waals surface area contributed by atoms with E-state index in [9.17, 15) is 15.0 Å². The number of carbonyl (C=O) groups excluding carboxylic acids is 1. The molecule has 22 heavy (non-hydrogen) atoms. The van der Waals surface area contributed by atoms with Crippen molar-refractivity contribution in [3.05, 3.63) is 12.7 Å². The number of fused-ring (bicyclic) bond motifs is 1. The van der Waals surface area contributed by atoms with Crippen LogP contribution in [0.5, 0.6) is 0 Å². The zero-order valence-electron chi connectivity index (χ0n) is 11.7. The van der Waals surface area contributed by atoms with E-state index in [4.69, 9.17) is 15.2 Å². The Balaban J connectivity index is 1.87. The molecule has 4 N–H and O–H groups in total. The third-order valence-corrected chi connectivity index (χ3v) is 3.45.